The van der Waals surface area contributed by atoms with E-state index in [1.165, 1.54) is 23.5 Å². The second-order valence-electron chi connectivity index (χ2n) is 8.91. The number of rotatable bonds is 8. The van der Waals surface area contributed by atoms with Gasteiger partial charge >= 0.3 is 0 Å². The first-order valence-corrected chi connectivity index (χ1v) is 13.6. The highest BCUT2D eigenvalue weighted by Crippen LogP contribution is 2.38. The van der Waals surface area contributed by atoms with Crippen molar-refractivity contribution < 1.29 is 27.4 Å². The fraction of sp³-hybridized carbons (Fsp3) is 0.207. The van der Waals surface area contributed by atoms with E-state index in [1.807, 2.05) is 55.5 Å². The minimum absolute atomic E-state index is 0.0929. The highest BCUT2D eigenvalue weighted by molar-refractivity contribution is 7.92. The number of benzene rings is 4. The summed E-state index contributed by atoms with van der Waals surface area (Å²) in [5, 5.41) is 4.87. The van der Waals surface area contributed by atoms with Crippen molar-refractivity contribution in [3.05, 3.63) is 90.5 Å². The quantitative estimate of drug-likeness (QED) is 0.340. The van der Waals surface area contributed by atoms with Crippen molar-refractivity contribution in [1.29, 1.82) is 0 Å². The summed E-state index contributed by atoms with van der Waals surface area (Å²) in [7, 11) is -2.46. The van der Waals surface area contributed by atoms with Crippen molar-refractivity contribution >= 4 is 32.4 Å². The molecule has 0 spiro atoms. The van der Waals surface area contributed by atoms with E-state index in [2.05, 4.69) is 5.32 Å². The zero-order valence-corrected chi connectivity index (χ0v) is 21.9. The van der Waals surface area contributed by atoms with E-state index in [0.29, 0.717) is 17.2 Å². The molecule has 0 saturated heterocycles. The minimum atomic E-state index is -3.97. The summed E-state index contributed by atoms with van der Waals surface area (Å²) in [4.78, 5) is 13.2. The van der Waals surface area contributed by atoms with Gasteiger partial charge in [0.15, 0.2) is 6.10 Å². The van der Waals surface area contributed by atoms with E-state index in [9.17, 15) is 13.2 Å². The van der Waals surface area contributed by atoms with Gasteiger partial charge in [0.05, 0.1) is 30.8 Å². The van der Waals surface area contributed by atoms with Crippen LogP contribution in [-0.2, 0) is 14.8 Å². The van der Waals surface area contributed by atoms with Crippen LogP contribution >= 0.6 is 0 Å². The molecular formula is C29H28N2O6S. The number of fused-ring (bicyclic) bond motifs is 2. The van der Waals surface area contributed by atoms with Crippen LogP contribution in [-0.4, -0.2) is 47.2 Å². The Morgan fingerprint density at radius 3 is 2.58 bits per heavy atom. The fourth-order valence-electron chi connectivity index (χ4n) is 4.37. The molecule has 0 unspecified atom stereocenters. The maximum absolute atomic E-state index is 13.6. The number of carbonyl (C=O) groups excluding carboxylic acids is 1. The molecule has 0 aromatic heterocycles. The maximum Gasteiger partial charge on any atom is 0.264 e. The van der Waals surface area contributed by atoms with Crippen LogP contribution in [0.1, 0.15) is 5.56 Å². The number of sulfonamides is 1. The summed E-state index contributed by atoms with van der Waals surface area (Å²) < 4.78 is 45.5. The number of nitrogens with one attached hydrogen (secondary N) is 1. The van der Waals surface area contributed by atoms with Gasteiger partial charge in [0, 0.05) is 5.39 Å². The molecule has 1 aliphatic rings. The van der Waals surface area contributed by atoms with Crippen LogP contribution in [0.15, 0.2) is 89.8 Å². The second kappa shape index (κ2) is 10.6. The molecule has 4 aromatic rings. The molecule has 196 valence electrons. The van der Waals surface area contributed by atoms with Crippen LogP contribution < -0.4 is 23.8 Å². The van der Waals surface area contributed by atoms with E-state index in [-0.39, 0.29) is 24.6 Å². The summed E-state index contributed by atoms with van der Waals surface area (Å²) in [6.07, 6.45) is -1.03. The Hall–Kier alpha value is -4.24. The van der Waals surface area contributed by atoms with Crippen molar-refractivity contribution in [2.24, 2.45) is 0 Å². The molecule has 9 heteroatoms. The fourth-order valence-corrected chi connectivity index (χ4v) is 5.84. The molecule has 5 rings (SSSR count). The largest absolute Gasteiger partial charge is 0.497 e. The molecule has 1 heterocycles. The first-order valence-electron chi connectivity index (χ1n) is 12.2. The van der Waals surface area contributed by atoms with Gasteiger partial charge < -0.3 is 19.5 Å². The summed E-state index contributed by atoms with van der Waals surface area (Å²) >= 11 is 0. The Balaban J connectivity index is 1.30. The van der Waals surface area contributed by atoms with Crippen molar-refractivity contribution in [2.45, 2.75) is 17.9 Å². The molecule has 0 bridgehead atoms. The van der Waals surface area contributed by atoms with E-state index in [4.69, 9.17) is 14.2 Å². The standard InChI is InChI=1S/C29H28N2O6S/c1-20-10-15-27-25(18-20)31(38(33,34)23-13-11-22(35-2)12-14-23)19-28(37-27)29(32)30-16-17-36-26-9-5-7-21-6-3-4-8-24(21)26/h3-15,18,28H,16-17,19H2,1-2H3,(H,30,32)/t28-/m0/s1. The lowest BCUT2D eigenvalue weighted by molar-refractivity contribution is -0.127. The monoisotopic (exact) mass is 532 g/mol. The maximum atomic E-state index is 13.6. The summed E-state index contributed by atoms with van der Waals surface area (Å²) in [6, 6.07) is 25.1. The zero-order valence-electron chi connectivity index (χ0n) is 21.1. The Kier molecular flexibility index (Phi) is 7.11. The number of aryl methyl sites for hydroxylation is 1. The Labute approximate surface area is 221 Å². The van der Waals surface area contributed by atoms with Crippen molar-refractivity contribution in [3.8, 4) is 17.2 Å². The van der Waals surface area contributed by atoms with Crippen LogP contribution in [0.2, 0.25) is 0 Å². The molecule has 8 nitrogen and oxygen atoms in total. The summed E-state index contributed by atoms with van der Waals surface area (Å²) in [6.45, 7) is 2.18. The highest BCUT2D eigenvalue weighted by atomic mass is 32.2. The van der Waals surface area contributed by atoms with Crippen molar-refractivity contribution in [3.63, 3.8) is 0 Å². The van der Waals surface area contributed by atoms with Crippen LogP contribution in [0.5, 0.6) is 17.2 Å². The smallest absolute Gasteiger partial charge is 0.264 e. The van der Waals surface area contributed by atoms with Gasteiger partial charge in [-0.15, -0.1) is 0 Å². The van der Waals surface area contributed by atoms with Crippen LogP contribution in [0.3, 0.4) is 0 Å². The average molecular weight is 533 g/mol. The first-order chi connectivity index (χ1) is 18.4. The second-order valence-corrected chi connectivity index (χ2v) is 10.8. The van der Waals surface area contributed by atoms with E-state index >= 15 is 0 Å². The minimum Gasteiger partial charge on any atom is -0.497 e. The molecule has 0 saturated carbocycles. The lowest BCUT2D eigenvalue weighted by Crippen LogP contribution is -2.51. The van der Waals surface area contributed by atoms with Gasteiger partial charge in [0.1, 0.15) is 23.9 Å². The lowest BCUT2D eigenvalue weighted by atomic mass is 10.1. The van der Waals surface area contributed by atoms with Gasteiger partial charge in [0.2, 0.25) is 0 Å². The van der Waals surface area contributed by atoms with Gasteiger partial charge in [-0.05, 0) is 60.3 Å². The molecule has 0 aliphatic carbocycles. The Morgan fingerprint density at radius 1 is 1.03 bits per heavy atom. The predicted octanol–water partition coefficient (Wildman–Crippen LogP) is 4.31. The number of hydrogen-bond donors (Lipinski definition) is 1. The van der Waals surface area contributed by atoms with Gasteiger partial charge in [0.25, 0.3) is 15.9 Å². The zero-order chi connectivity index (χ0) is 26.7. The molecule has 1 atom stereocenters. The van der Waals surface area contributed by atoms with Gasteiger partial charge in [-0.2, -0.15) is 0 Å². The molecule has 1 aliphatic heterocycles. The van der Waals surface area contributed by atoms with Crippen molar-refractivity contribution in [1.82, 2.24) is 5.32 Å². The van der Waals surface area contributed by atoms with Crippen LogP contribution in [0, 0.1) is 6.92 Å². The number of methoxy groups -OCH3 is 1. The highest BCUT2D eigenvalue weighted by Gasteiger charge is 2.37. The number of carbonyl (C=O) groups is 1. The molecule has 0 fully saturated rings. The number of amides is 1. The van der Waals surface area contributed by atoms with E-state index < -0.39 is 22.0 Å². The third-order valence-corrected chi connectivity index (χ3v) is 8.13. The van der Waals surface area contributed by atoms with E-state index in [1.54, 1.807) is 24.3 Å². The molecule has 0 radical (unpaired) electrons. The predicted molar refractivity (Wildman–Crippen MR) is 146 cm³/mol. The summed E-state index contributed by atoms with van der Waals surface area (Å²) in [5.74, 6) is 1.18. The van der Waals surface area contributed by atoms with Gasteiger partial charge in [-0.3, -0.25) is 9.10 Å². The van der Waals surface area contributed by atoms with Gasteiger partial charge in [-0.25, -0.2) is 8.42 Å². The molecule has 38 heavy (non-hydrogen) atoms. The first kappa shape index (κ1) is 25.4. The van der Waals surface area contributed by atoms with Crippen LogP contribution in [0.4, 0.5) is 5.69 Å². The van der Waals surface area contributed by atoms with Crippen molar-refractivity contribution in [2.75, 3.05) is 31.1 Å². The Bertz CT molecular complexity index is 1560. The molecular weight excluding hydrogens is 504 g/mol. The van der Waals surface area contributed by atoms with Crippen LogP contribution in [0.25, 0.3) is 10.8 Å². The van der Waals surface area contributed by atoms with Gasteiger partial charge in [-0.1, -0.05) is 42.5 Å². The molecule has 1 amide bonds. The molecule has 1 N–H and O–H groups in total. The number of anilines is 1. The lowest BCUT2D eigenvalue weighted by Gasteiger charge is -2.35. The number of nitrogens with zero attached hydrogens (tertiary/aromatic N) is 1. The third kappa shape index (κ3) is 5.10. The third-order valence-electron chi connectivity index (χ3n) is 6.33. The Morgan fingerprint density at radius 2 is 1.79 bits per heavy atom. The molecule has 4 aromatic carbocycles. The average Bonchev–Trinajstić information content (AvgIpc) is 2.94. The SMILES string of the molecule is COc1ccc(S(=O)(=O)N2C[C@@H](C(=O)NCCOc3cccc4ccccc34)Oc3ccc(C)cc32)cc1. The number of ether oxygens (including phenoxy) is 3. The topological polar surface area (TPSA) is 94.2 Å². The number of hydrogen-bond acceptors (Lipinski definition) is 6. The normalized spacial score (nSPS) is 14.9. The summed E-state index contributed by atoms with van der Waals surface area (Å²) in [5.41, 5.74) is 1.26. The van der Waals surface area contributed by atoms with E-state index in [0.717, 1.165) is 22.1 Å².